The number of hydrogen-bond donors (Lipinski definition) is 0. The lowest BCUT2D eigenvalue weighted by Crippen LogP contribution is -2.42. The molecule has 0 spiro atoms. The third kappa shape index (κ3) is 8.20. The van der Waals surface area contributed by atoms with Crippen molar-refractivity contribution in [2.75, 3.05) is 13.1 Å². The second kappa shape index (κ2) is 21.2. The van der Waals surface area contributed by atoms with Crippen LogP contribution in [0.1, 0.15) is 206 Å². The first-order valence-electron chi connectivity index (χ1n) is 23.4. The van der Waals surface area contributed by atoms with Crippen molar-refractivity contribution in [3.63, 3.8) is 0 Å². The number of carbonyl (C=O) groups excluding carboxylic acids is 4. The van der Waals surface area contributed by atoms with Crippen LogP contribution in [0.4, 0.5) is 0 Å². The monoisotopic (exact) mass is 962 g/mol. The fourth-order valence-corrected chi connectivity index (χ4v) is 11.5. The van der Waals surface area contributed by atoms with Gasteiger partial charge in [-0.1, -0.05) is 176 Å². The maximum absolute atomic E-state index is 14.6. The molecule has 14 heteroatoms. The SMILES string of the molecule is CCCCCCCCCCCCN1C(=O)c2c(C#N)c(Cl)c3c4c(Cl)c(C#N)c5c6c(c(C#N)c(Cl)c(c7c(Cl)c(C#N)c(c2c37)C1=O)c64)C(=O)N(CCCCCCCCCCCC)C5=O. The molecule has 5 aromatic carbocycles. The summed E-state index contributed by atoms with van der Waals surface area (Å²) in [5.41, 5.74) is -2.08. The van der Waals surface area contributed by atoms with Gasteiger partial charge >= 0.3 is 0 Å². The summed E-state index contributed by atoms with van der Waals surface area (Å²) >= 11 is 29.0. The Morgan fingerprint density at radius 1 is 0.333 bits per heavy atom. The molecule has 0 saturated carbocycles. The largest absolute Gasteiger partial charge is 0.274 e. The molecular weight excluding hydrogens is 914 g/mol. The standard InChI is InChI=1S/C52H50Cl4N6O4/c1-3-5-7-9-11-13-15-17-19-21-23-61-49(63)33-29(25-57)45(53)41-39-37(33)34(50(61)64)30(26-58)46(54)42(39)44-40-38-35(31(27-59)47(55)43(40)41)51(65)62(52(66)36(38)32(28-60)48(44)56)24-22-20-18-16-14-12-10-8-6-4-2/h3-24H2,1-2H3. The van der Waals surface area contributed by atoms with Gasteiger partial charge in [0.25, 0.3) is 23.6 Å². The molecule has 4 amide bonds. The molecule has 66 heavy (non-hydrogen) atoms. The van der Waals surface area contributed by atoms with Crippen LogP contribution in [0.3, 0.4) is 0 Å². The highest BCUT2D eigenvalue weighted by molar-refractivity contribution is 6.57. The Hall–Kier alpha value is -5.20. The van der Waals surface area contributed by atoms with E-state index in [4.69, 9.17) is 46.4 Å². The smallest absolute Gasteiger partial charge is 0.262 e. The second-order valence-electron chi connectivity index (χ2n) is 17.6. The number of halogens is 4. The number of nitriles is 4. The second-order valence-corrected chi connectivity index (χ2v) is 19.1. The van der Waals surface area contributed by atoms with Gasteiger partial charge in [0.1, 0.15) is 24.3 Å². The maximum atomic E-state index is 14.6. The molecule has 0 aromatic heterocycles. The number of carbonyl (C=O) groups is 4. The quantitative estimate of drug-likeness (QED) is 0.0285. The van der Waals surface area contributed by atoms with E-state index < -0.39 is 23.6 Å². The Morgan fingerprint density at radius 2 is 0.545 bits per heavy atom. The molecule has 0 radical (unpaired) electrons. The first kappa shape index (κ1) is 48.7. The van der Waals surface area contributed by atoms with Crippen molar-refractivity contribution in [3.05, 3.63) is 64.6 Å². The summed E-state index contributed by atoms with van der Waals surface area (Å²) in [5.74, 6) is -3.14. The number of hydrogen-bond acceptors (Lipinski definition) is 8. The summed E-state index contributed by atoms with van der Waals surface area (Å²) in [6, 6.07) is 8.23. The van der Waals surface area contributed by atoms with Crippen molar-refractivity contribution in [2.45, 2.75) is 142 Å². The zero-order valence-electron chi connectivity index (χ0n) is 37.4. The highest BCUT2D eigenvalue weighted by Gasteiger charge is 2.44. The minimum atomic E-state index is -0.784. The van der Waals surface area contributed by atoms with Crippen molar-refractivity contribution < 1.29 is 19.2 Å². The van der Waals surface area contributed by atoms with Crippen LogP contribution < -0.4 is 0 Å². The average molecular weight is 965 g/mol. The third-order valence-corrected chi connectivity index (χ3v) is 15.0. The van der Waals surface area contributed by atoms with Gasteiger partial charge in [0.05, 0.1) is 64.6 Å². The molecule has 2 aliphatic heterocycles. The van der Waals surface area contributed by atoms with E-state index in [0.717, 1.165) is 74.0 Å². The highest BCUT2D eigenvalue weighted by atomic mass is 35.5. The van der Waals surface area contributed by atoms with Crippen molar-refractivity contribution >= 4 is 113 Å². The minimum Gasteiger partial charge on any atom is -0.274 e. The zero-order chi connectivity index (χ0) is 47.4. The van der Waals surface area contributed by atoms with Crippen molar-refractivity contribution in [1.29, 1.82) is 21.0 Å². The van der Waals surface area contributed by atoms with Crippen LogP contribution in [0.25, 0.3) is 43.1 Å². The Morgan fingerprint density at radius 3 is 0.758 bits per heavy atom. The van der Waals surface area contributed by atoms with E-state index in [2.05, 4.69) is 38.1 Å². The van der Waals surface area contributed by atoms with E-state index in [1.807, 2.05) is 0 Å². The van der Waals surface area contributed by atoms with Gasteiger partial charge in [-0.2, -0.15) is 21.0 Å². The Kier molecular flexibility index (Phi) is 15.6. The van der Waals surface area contributed by atoms with E-state index in [1.165, 1.54) is 51.4 Å². The van der Waals surface area contributed by atoms with Gasteiger partial charge in [0.15, 0.2) is 0 Å². The van der Waals surface area contributed by atoms with Crippen molar-refractivity contribution in [1.82, 2.24) is 9.80 Å². The van der Waals surface area contributed by atoms with Crippen molar-refractivity contribution in [2.24, 2.45) is 0 Å². The van der Waals surface area contributed by atoms with E-state index >= 15 is 0 Å². The summed E-state index contributed by atoms with van der Waals surface area (Å²) in [6.45, 7) is 4.40. The molecule has 7 rings (SSSR count). The average Bonchev–Trinajstić information content (AvgIpc) is 3.31. The molecule has 0 N–H and O–H groups in total. The number of imide groups is 2. The fraction of sp³-hybridized carbons (Fsp3) is 0.462. The molecule has 0 fully saturated rings. The number of amides is 4. The fourth-order valence-electron chi connectivity index (χ4n) is 10.2. The lowest BCUT2D eigenvalue weighted by Gasteiger charge is -2.33. The third-order valence-electron chi connectivity index (χ3n) is 13.5. The highest BCUT2D eigenvalue weighted by Crippen LogP contribution is 2.57. The predicted molar refractivity (Wildman–Crippen MR) is 261 cm³/mol. The van der Waals surface area contributed by atoms with Gasteiger partial charge < -0.3 is 0 Å². The molecule has 0 atom stereocenters. The molecular formula is C52H50Cl4N6O4. The predicted octanol–water partition coefficient (Wildman–Crippen LogP) is 14.9. The molecule has 10 nitrogen and oxygen atoms in total. The zero-order valence-corrected chi connectivity index (χ0v) is 40.4. The number of fused-ring (bicyclic) bond motifs is 2. The van der Waals surface area contributed by atoms with Gasteiger partial charge in [0.2, 0.25) is 0 Å². The molecule has 2 heterocycles. The van der Waals surface area contributed by atoms with Gasteiger partial charge in [-0.15, -0.1) is 0 Å². The van der Waals surface area contributed by atoms with E-state index in [9.17, 15) is 40.2 Å². The first-order chi connectivity index (χ1) is 32.0. The van der Waals surface area contributed by atoms with Crippen LogP contribution in [0, 0.1) is 45.3 Å². The lowest BCUT2D eigenvalue weighted by atomic mass is 9.77. The van der Waals surface area contributed by atoms with Crippen LogP contribution in [0.15, 0.2) is 0 Å². The van der Waals surface area contributed by atoms with Crippen LogP contribution in [-0.4, -0.2) is 46.5 Å². The summed E-state index contributed by atoms with van der Waals surface area (Å²) in [6.07, 6.45) is 20.5. The maximum Gasteiger partial charge on any atom is 0.262 e. The number of rotatable bonds is 22. The van der Waals surface area contributed by atoms with Crippen LogP contribution in [0.5, 0.6) is 0 Å². The normalized spacial score (nSPS) is 13.4. The Balaban J connectivity index is 1.37. The van der Waals surface area contributed by atoms with E-state index in [0.29, 0.717) is 12.8 Å². The van der Waals surface area contributed by atoms with Crippen LogP contribution in [0.2, 0.25) is 20.1 Å². The topological polar surface area (TPSA) is 170 Å². The number of unbranched alkanes of at least 4 members (excludes halogenated alkanes) is 18. The summed E-state index contributed by atoms with van der Waals surface area (Å²) in [5, 5.41) is 42.0. The minimum absolute atomic E-state index is 0.00156. The molecule has 0 unspecified atom stereocenters. The Bertz CT molecular complexity index is 2640. The van der Waals surface area contributed by atoms with Gasteiger partial charge in [-0.05, 0) is 12.8 Å². The molecule has 0 saturated heterocycles. The summed E-state index contributed by atoms with van der Waals surface area (Å²) < 4.78 is 0. The molecule has 0 bridgehead atoms. The molecule has 0 aliphatic carbocycles. The van der Waals surface area contributed by atoms with E-state index in [1.54, 1.807) is 0 Å². The molecule has 5 aromatic rings. The molecule has 2 aliphatic rings. The van der Waals surface area contributed by atoms with Gasteiger partial charge in [-0.25, -0.2) is 0 Å². The van der Waals surface area contributed by atoms with Gasteiger partial charge in [-0.3, -0.25) is 29.0 Å². The summed E-state index contributed by atoms with van der Waals surface area (Å²) in [7, 11) is 0. The van der Waals surface area contributed by atoms with Gasteiger partial charge in [0, 0.05) is 56.2 Å². The van der Waals surface area contributed by atoms with Crippen molar-refractivity contribution in [3.8, 4) is 24.3 Å². The number of nitrogens with zero attached hydrogens (tertiary/aromatic N) is 6. The van der Waals surface area contributed by atoms with Crippen LogP contribution in [-0.2, 0) is 0 Å². The van der Waals surface area contributed by atoms with E-state index in [-0.39, 0.29) is 121 Å². The number of benzene rings is 5. The lowest BCUT2D eigenvalue weighted by molar-refractivity contribution is 0.0592. The Labute approximate surface area is 405 Å². The first-order valence-corrected chi connectivity index (χ1v) is 24.9. The molecule has 340 valence electrons. The van der Waals surface area contributed by atoms with Crippen LogP contribution >= 0.6 is 46.4 Å². The summed E-state index contributed by atoms with van der Waals surface area (Å²) in [4.78, 5) is 60.5.